The lowest BCUT2D eigenvalue weighted by Crippen LogP contribution is -2.42. The van der Waals surface area contributed by atoms with Gasteiger partial charge in [-0.3, -0.25) is 0 Å². The average Bonchev–Trinajstić information content (AvgIpc) is 2.34. The van der Waals surface area contributed by atoms with E-state index in [4.69, 9.17) is 16.7 Å². The molecular formula is C12H14BrClN2O3. The molecule has 104 valence electrons. The molecule has 0 heterocycles. The lowest BCUT2D eigenvalue weighted by Gasteiger charge is -2.15. The van der Waals surface area contributed by atoms with Crippen LogP contribution >= 0.6 is 27.5 Å². The number of carbonyl (C=O) groups is 2. The first-order chi connectivity index (χ1) is 8.95. The highest BCUT2D eigenvalue weighted by Gasteiger charge is 2.19. The second kappa shape index (κ2) is 7.35. The number of halogens is 2. The van der Waals surface area contributed by atoms with Gasteiger partial charge in [0.1, 0.15) is 6.04 Å². The van der Waals surface area contributed by atoms with E-state index in [-0.39, 0.29) is 0 Å². The molecule has 1 rings (SSSR count). The highest BCUT2D eigenvalue weighted by molar-refractivity contribution is 9.10. The number of urea groups is 1. The quantitative estimate of drug-likeness (QED) is 0.761. The van der Waals surface area contributed by atoms with Crippen LogP contribution in [0.5, 0.6) is 0 Å². The zero-order valence-corrected chi connectivity index (χ0v) is 12.6. The van der Waals surface area contributed by atoms with E-state index in [2.05, 4.69) is 26.6 Å². The van der Waals surface area contributed by atoms with Gasteiger partial charge in [0.2, 0.25) is 0 Å². The smallest absolute Gasteiger partial charge is 0.326 e. The van der Waals surface area contributed by atoms with Crippen molar-refractivity contribution in [1.29, 1.82) is 0 Å². The predicted molar refractivity (Wildman–Crippen MR) is 77.6 cm³/mol. The van der Waals surface area contributed by atoms with Gasteiger partial charge in [0.15, 0.2) is 0 Å². The number of carbonyl (C=O) groups excluding carboxylic acids is 1. The van der Waals surface area contributed by atoms with Crippen molar-refractivity contribution in [3.05, 3.63) is 27.7 Å². The molecule has 1 aromatic carbocycles. The number of hydrogen-bond donors (Lipinski definition) is 3. The summed E-state index contributed by atoms with van der Waals surface area (Å²) >= 11 is 9.13. The summed E-state index contributed by atoms with van der Waals surface area (Å²) in [6.07, 6.45) is 1.04. The van der Waals surface area contributed by atoms with E-state index in [9.17, 15) is 9.59 Å². The number of aliphatic carboxylic acids is 1. The zero-order valence-electron chi connectivity index (χ0n) is 10.2. The van der Waals surface area contributed by atoms with Crippen LogP contribution in [0, 0.1) is 0 Å². The summed E-state index contributed by atoms with van der Waals surface area (Å²) in [4.78, 5) is 22.6. The highest BCUT2D eigenvalue weighted by atomic mass is 79.9. The fraction of sp³-hybridized carbons (Fsp3) is 0.333. The summed E-state index contributed by atoms with van der Waals surface area (Å²) in [5.41, 5.74) is 0.477. The molecule has 3 N–H and O–H groups in total. The molecule has 0 aliphatic carbocycles. The molecule has 1 atom stereocenters. The van der Waals surface area contributed by atoms with Crippen molar-refractivity contribution in [1.82, 2.24) is 5.32 Å². The molecule has 2 amide bonds. The molecular weight excluding hydrogens is 336 g/mol. The first-order valence-electron chi connectivity index (χ1n) is 5.70. The van der Waals surface area contributed by atoms with Gasteiger partial charge in [0.05, 0.1) is 15.2 Å². The molecule has 0 aliphatic heterocycles. The van der Waals surface area contributed by atoms with Crippen LogP contribution in [0.4, 0.5) is 10.5 Å². The zero-order chi connectivity index (χ0) is 14.4. The normalized spacial score (nSPS) is 11.7. The standard InChI is InChI=1S/C12H14BrClN2O3/c1-2-4-9(11(17)18)16-12(19)15-8-6-3-5-7(14)10(8)13/h3,5-6,9H,2,4H2,1H3,(H,17,18)(H2,15,16,19)/t9-/m0/s1. The van der Waals surface area contributed by atoms with E-state index in [1.165, 1.54) is 0 Å². The third-order valence-corrected chi connectivity index (χ3v) is 3.78. The van der Waals surface area contributed by atoms with Crippen molar-refractivity contribution in [3.63, 3.8) is 0 Å². The van der Waals surface area contributed by atoms with Crippen molar-refractivity contribution < 1.29 is 14.7 Å². The fourth-order valence-electron chi connectivity index (χ4n) is 1.46. The number of rotatable bonds is 5. The maximum atomic E-state index is 11.7. The van der Waals surface area contributed by atoms with E-state index in [0.29, 0.717) is 28.0 Å². The summed E-state index contributed by atoms with van der Waals surface area (Å²) in [7, 11) is 0. The van der Waals surface area contributed by atoms with Crippen molar-refractivity contribution in [3.8, 4) is 0 Å². The Morgan fingerprint density at radius 1 is 1.47 bits per heavy atom. The minimum absolute atomic E-state index is 0.374. The molecule has 0 aliphatic rings. The summed E-state index contributed by atoms with van der Waals surface area (Å²) in [6.45, 7) is 1.85. The van der Waals surface area contributed by atoms with Crippen molar-refractivity contribution in [2.24, 2.45) is 0 Å². The van der Waals surface area contributed by atoms with Gasteiger partial charge in [-0.1, -0.05) is 31.0 Å². The lowest BCUT2D eigenvalue weighted by atomic mass is 10.2. The van der Waals surface area contributed by atoms with Crippen LogP contribution in [-0.4, -0.2) is 23.1 Å². The maximum Gasteiger partial charge on any atom is 0.326 e. The molecule has 5 nitrogen and oxygen atoms in total. The number of anilines is 1. The Kier molecular flexibility index (Phi) is 6.11. The first kappa shape index (κ1) is 15.8. The van der Waals surface area contributed by atoms with Crippen LogP contribution < -0.4 is 10.6 Å². The van der Waals surface area contributed by atoms with E-state index in [1.807, 2.05) is 6.92 Å². The first-order valence-corrected chi connectivity index (χ1v) is 6.87. The highest BCUT2D eigenvalue weighted by Crippen LogP contribution is 2.29. The van der Waals surface area contributed by atoms with E-state index >= 15 is 0 Å². The molecule has 0 aromatic heterocycles. The van der Waals surface area contributed by atoms with Crippen molar-refractivity contribution in [2.45, 2.75) is 25.8 Å². The van der Waals surface area contributed by atoms with Crippen molar-refractivity contribution in [2.75, 3.05) is 5.32 Å². The molecule has 0 unspecified atom stereocenters. The van der Waals surface area contributed by atoms with Crippen LogP contribution in [0.2, 0.25) is 5.02 Å². The predicted octanol–water partition coefficient (Wildman–Crippen LogP) is 3.48. The molecule has 0 radical (unpaired) electrons. The Hall–Kier alpha value is -1.27. The Morgan fingerprint density at radius 3 is 2.74 bits per heavy atom. The van der Waals surface area contributed by atoms with Gasteiger partial charge >= 0.3 is 12.0 Å². The largest absolute Gasteiger partial charge is 0.480 e. The summed E-state index contributed by atoms with van der Waals surface area (Å²) < 4.78 is 0.550. The van der Waals surface area contributed by atoms with Gasteiger partial charge in [-0.25, -0.2) is 9.59 Å². The Balaban J connectivity index is 2.69. The van der Waals surface area contributed by atoms with Crippen LogP contribution in [-0.2, 0) is 4.79 Å². The van der Waals surface area contributed by atoms with Gasteiger partial charge in [0, 0.05) is 0 Å². The second-order valence-corrected chi connectivity index (χ2v) is 5.08. The average molecular weight is 350 g/mol. The number of benzene rings is 1. The fourth-order valence-corrected chi connectivity index (χ4v) is 2.00. The number of carboxylic acids is 1. The number of nitrogens with one attached hydrogen (secondary N) is 2. The monoisotopic (exact) mass is 348 g/mol. The summed E-state index contributed by atoms with van der Waals surface area (Å²) in [5.74, 6) is -1.05. The number of carboxylic acid groups (broad SMARTS) is 1. The third kappa shape index (κ3) is 4.72. The van der Waals surface area contributed by atoms with Gasteiger partial charge < -0.3 is 15.7 Å². The van der Waals surface area contributed by atoms with E-state index in [0.717, 1.165) is 0 Å². The molecule has 0 bridgehead atoms. The summed E-state index contributed by atoms with van der Waals surface area (Å²) in [5, 5.41) is 14.4. The minimum Gasteiger partial charge on any atom is -0.480 e. The van der Waals surface area contributed by atoms with Crippen LogP contribution in [0.1, 0.15) is 19.8 Å². The Bertz CT molecular complexity index is 482. The maximum absolute atomic E-state index is 11.7. The number of hydrogen-bond acceptors (Lipinski definition) is 2. The van der Waals surface area contributed by atoms with Gasteiger partial charge in [-0.2, -0.15) is 0 Å². The Labute approximate surface area is 124 Å². The second-order valence-electron chi connectivity index (χ2n) is 3.88. The topological polar surface area (TPSA) is 78.4 Å². The van der Waals surface area contributed by atoms with Crippen LogP contribution in [0.25, 0.3) is 0 Å². The molecule has 1 aromatic rings. The van der Waals surface area contributed by atoms with Gasteiger partial charge in [-0.15, -0.1) is 0 Å². The molecule has 0 saturated carbocycles. The van der Waals surface area contributed by atoms with E-state index in [1.54, 1.807) is 18.2 Å². The molecule has 0 spiro atoms. The number of amides is 2. The lowest BCUT2D eigenvalue weighted by molar-refractivity contribution is -0.139. The van der Waals surface area contributed by atoms with Crippen LogP contribution in [0.3, 0.4) is 0 Å². The molecule has 0 fully saturated rings. The SMILES string of the molecule is CCC[C@H](NC(=O)Nc1cccc(Cl)c1Br)C(=O)O. The van der Waals surface area contributed by atoms with E-state index < -0.39 is 18.0 Å². The molecule has 19 heavy (non-hydrogen) atoms. The van der Waals surface area contributed by atoms with Crippen LogP contribution in [0.15, 0.2) is 22.7 Å². The van der Waals surface area contributed by atoms with Crippen molar-refractivity contribution >= 4 is 45.2 Å². The minimum atomic E-state index is -1.05. The third-order valence-electron chi connectivity index (χ3n) is 2.38. The van der Waals surface area contributed by atoms with Gasteiger partial charge in [0.25, 0.3) is 0 Å². The Morgan fingerprint density at radius 2 is 2.16 bits per heavy atom. The molecule has 0 saturated heterocycles. The summed E-state index contributed by atoms with van der Waals surface area (Å²) in [6, 6.07) is 3.53. The molecule has 7 heteroatoms. The van der Waals surface area contributed by atoms with Gasteiger partial charge in [-0.05, 0) is 34.5 Å².